The lowest BCUT2D eigenvalue weighted by molar-refractivity contribution is -0.155. The number of benzene rings is 2. The minimum absolute atomic E-state index is 0.0112. The summed E-state index contributed by atoms with van der Waals surface area (Å²) in [5.74, 6) is -1.97. The quantitative estimate of drug-likeness (QED) is 0.115. The van der Waals surface area contributed by atoms with E-state index in [1.54, 1.807) is 48.4 Å². The summed E-state index contributed by atoms with van der Waals surface area (Å²) in [4.78, 5) is 82.4. The number of carbonyl (C=O) groups is 5. The smallest absolute Gasteiger partial charge is 0.324 e. The van der Waals surface area contributed by atoms with Gasteiger partial charge in [-0.15, -0.1) is 0 Å². The van der Waals surface area contributed by atoms with Crippen LogP contribution in [0.5, 0.6) is 5.75 Å². The van der Waals surface area contributed by atoms with Gasteiger partial charge < -0.3 is 44.1 Å². The number of ether oxygens (including phenoxy) is 2. The number of methoxy groups -OCH3 is 1. The van der Waals surface area contributed by atoms with Gasteiger partial charge in [0.15, 0.2) is 0 Å². The lowest BCUT2D eigenvalue weighted by Gasteiger charge is -2.37. The molecular formula is C55H75N9O8. The molecule has 0 spiro atoms. The van der Waals surface area contributed by atoms with Crippen LogP contribution in [-0.4, -0.2) is 161 Å². The summed E-state index contributed by atoms with van der Waals surface area (Å²) in [6, 6.07) is 12.2. The summed E-state index contributed by atoms with van der Waals surface area (Å²) in [5.41, 5.74) is 9.55. The molecule has 72 heavy (non-hydrogen) atoms. The molecule has 3 N–H and O–H groups in total. The van der Waals surface area contributed by atoms with Crippen LogP contribution < -0.4 is 10.7 Å². The van der Waals surface area contributed by atoms with Gasteiger partial charge in [-0.05, 0) is 118 Å². The maximum Gasteiger partial charge on any atom is 0.324 e. The molecule has 0 radical (unpaired) electrons. The van der Waals surface area contributed by atoms with Gasteiger partial charge in [0.2, 0.25) is 11.8 Å². The second-order valence-electron chi connectivity index (χ2n) is 20.9. The van der Waals surface area contributed by atoms with Gasteiger partial charge in [-0.1, -0.05) is 45.9 Å². The maximum atomic E-state index is 14.8. The number of phenolic OH excluding ortho intramolecular Hbond substituents is 1. The summed E-state index contributed by atoms with van der Waals surface area (Å²) in [6.45, 7) is 15.2. The number of hydrogen-bond donors (Lipinski definition) is 3. The van der Waals surface area contributed by atoms with Gasteiger partial charge in [0.1, 0.15) is 23.9 Å². The number of nitrogens with one attached hydrogen (secondary N) is 2. The maximum absolute atomic E-state index is 14.8. The number of amides is 5. The Labute approximate surface area is 424 Å². The average molecular weight is 990 g/mol. The van der Waals surface area contributed by atoms with Crippen LogP contribution in [0.4, 0.5) is 4.79 Å². The van der Waals surface area contributed by atoms with Crippen molar-refractivity contribution in [1.29, 1.82) is 0 Å². The Morgan fingerprint density at radius 2 is 1.74 bits per heavy atom. The van der Waals surface area contributed by atoms with Crippen molar-refractivity contribution in [2.24, 2.45) is 11.3 Å². The highest BCUT2D eigenvalue weighted by atomic mass is 16.5. The number of fused-ring (bicyclic) bond motifs is 6. The van der Waals surface area contributed by atoms with Crippen LogP contribution in [0.3, 0.4) is 0 Å². The first-order chi connectivity index (χ1) is 34.3. The number of hydrazine groups is 1. The normalized spacial score (nSPS) is 19.8. The fourth-order valence-corrected chi connectivity index (χ4v) is 10.4. The molecular weight excluding hydrogens is 915 g/mol. The summed E-state index contributed by atoms with van der Waals surface area (Å²) in [5, 5.41) is 16.8. The Morgan fingerprint density at radius 1 is 0.986 bits per heavy atom. The number of aryl methyl sites for hydroxylation is 1. The predicted octanol–water partition coefficient (Wildman–Crippen LogP) is 6.18. The van der Waals surface area contributed by atoms with E-state index in [1.807, 2.05) is 64.0 Å². The first-order valence-corrected chi connectivity index (χ1v) is 25.4. The number of aromatic nitrogens is 2. The lowest BCUT2D eigenvalue weighted by atomic mass is 9.84. The number of aromatic hydroxyl groups is 1. The van der Waals surface area contributed by atoms with Gasteiger partial charge in [-0.2, -0.15) is 0 Å². The molecule has 5 amide bonds. The molecule has 2 fully saturated rings. The molecule has 2 aromatic heterocycles. The van der Waals surface area contributed by atoms with Gasteiger partial charge >= 0.3 is 12.0 Å². The van der Waals surface area contributed by atoms with Gasteiger partial charge in [-0.25, -0.2) is 10.2 Å². The minimum atomic E-state index is -1.17. The molecule has 0 saturated carbocycles. The number of esters is 1. The molecule has 6 bridgehead atoms. The second kappa shape index (κ2) is 23.1. The number of rotatable bonds is 11. The Kier molecular flexibility index (Phi) is 17.1. The largest absolute Gasteiger partial charge is 0.508 e. The molecule has 17 nitrogen and oxygen atoms in total. The zero-order valence-electron chi connectivity index (χ0n) is 43.9. The SMILES string of the molecule is CCn1c(-c2cccnc2[C@H](C)OC)c2c3cc(ccc31)-c1cc(O)cc(c1)C[C@H](NC(=O)C(C(C)C)N(C)C(=O)N1CCCN(C(=O)/C=C/CN(C)C)CC1)C(=O)N1CCC[C@H](N1)C(=O)OCC(C)(C)C2. The molecule has 0 aliphatic carbocycles. The van der Waals surface area contributed by atoms with Crippen molar-refractivity contribution in [2.75, 3.05) is 74.1 Å². The molecule has 3 aliphatic rings. The predicted molar refractivity (Wildman–Crippen MR) is 278 cm³/mol. The third-order valence-corrected chi connectivity index (χ3v) is 14.1. The molecule has 4 atom stereocenters. The molecule has 3 aliphatic heterocycles. The lowest BCUT2D eigenvalue weighted by Crippen LogP contribution is -2.62. The van der Waals surface area contributed by atoms with E-state index < -0.39 is 41.3 Å². The van der Waals surface area contributed by atoms with E-state index in [0.29, 0.717) is 70.5 Å². The van der Waals surface area contributed by atoms with Crippen molar-refractivity contribution < 1.29 is 38.6 Å². The summed E-state index contributed by atoms with van der Waals surface area (Å²) in [7, 11) is 7.13. The molecule has 4 aromatic rings. The summed E-state index contributed by atoms with van der Waals surface area (Å²) >= 11 is 0. The average Bonchev–Trinajstić information content (AvgIpc) is 3.45. The topological polar surface area (TPSA) is 182 Å². The molecule has 7 rings (SSSR count). The Bertz CT molecular complexity index is 2660. The van der Waals surface area contributed by atoms with E-state index in [4.69, 9.17) is 14.5 Å². The Hall–Kier alpha value is -6.30. The number of carbonyl (C=O) groups excluding carboxylic acids is 5. The standard InChI is InChI=1S/C55H75N9O8/c1-11-63-46-20-19-38-32-42(46)43(50(63)41-16-12-21-56-48(41)36(4)71-10)33-55(5,6)34-72-53(69)44-17-13-25-64(58-44)52(68)45(30-37-28-39(38)31-40(65)29-37)57-51(67)49(35(2)3)60(9)54(70)62-24-15-23-61(26-27-62)47(66)18-14-22-59(7)8/h12,14,16,18-21,28-29,31-32,35-36,44-45,49,58,65H,11,13,15,17,22-27,30,33-34H2,1-10H3,(H,57,67)/b18-14+/t36-,44-,45-,49?/m0/s1. The van der Waals surface area contributed by atoms with E-state index in [-0.39, 0.29) is 49.3 Å². The molecule has 2 saturated heterocycles. The monoisotopic (exact) mass is 990 g/mol. The van der Waals surface area contributed by atoms with Crippen LogP contribution in [0.2, 0.25) is 0 Å². The van der Waals surface area contributed by atoms with Crippen molar-refractivity contribution in [3.05, 3.63) is 83.7 Å². The van der Waals surface area contributed by atoms with Crippen molar-refractivity contribution in [3.63, 3.8) is 0 Å². The van der Waals surface area contributed by atoms with Crippen LogP contribution >= 0.6 is 0 Å². The number of nitrogens with zero attached hydrogens (tertiary/aromatic N) is 7. The highest BCUT2D eigenvalue weighted by Gasteiger charge is 2.39. The van der Waals surface area contributed by atoms with E-state index in [9.17, 15) is 29.1 Å². The third kappa shape index (κ3) is 12.1. The number of pyridine rings is 1. The van der Waals surface area contributed by atoms with Crippen LogP contribution in [0.25, 0.3) is 33.3 Å². The van der Waals surface area contributed by atoms with Crippen molar-refractivity contribution in [2.45, 2.75) is 104 Å². The zero-order chi connectivity index (χ0) is 52.0. The highest BCUT2D eigenvalue weighted by molar-refractivity contribution is 5.96. The minimum Gasteiger partial charge on any atom is -0.508 e. The summed E-state index contributed by atoms with van der Waals surface area (Å²) in [6.07, 6.45) is 6.92. The van der Waals surface area contributed by atoms with E-state index in [2.05, 4.69) is 54.3 Å². The molecule has 388 valence electrons. The number of phenols is 1. The molecule has 5 heterocycles. The highest BCUT2D eigenvalue weighted by Crippen LogP contribution is 2.42. The van der Waals surface area contributed by atoms with E-state index >= 15 is 0 Å². The number of hydrogen-bond acceptors (Lipinski definition) is 11. The first-order valence-electron chi connectivity index (χ1n) is 25.4. The molecule has 1 unspecified atom stereocenters. The van der Waals surface area contributed by atoms with Gasteiger partial charge in [0, 0.05) is 101 Å². The first kappa shape index (κ1) is 53.5. The van der Waals surface area contributed by atoms with Crippen LogP contribution in [0, 0.1) is 11.3 Å². The number of likely N-dealkylation sites (N-methyl/N-ethyl adjacent to an activating group) is 2. The number of cyclic esters (lactones) is 1. The van der Waals surface area contributed by atoms with Crippen molar-refractivity contribution >= 4 is 40.6 Å². The van der Waals surface area contributed by atoms with Crippen LogP contribution in [0.15, 0.2) is 66.9 Å². The molecule has 17 heteroatoms. The van der Waals surface area contributed by atoms with Gasteiger partial charge in [-0.3, -0.25) is 29.2 Å². The Balaban J connectivity index is 1.24. The van der Waals surface area contributed by atoms with Gasteiger partial charge in [0.25, 0.3) is 5.91 Å². The third-order valence-electron chi connectivity index (χ3n) is 14.1. The van der Waals surface area contributed by atoms with E-state index in [1.165, 1.54) is 9.91 Å². The summed E-state index contributed by atoms with van der Waals surface area (Å²) < 4.78 is 14.2. The zero-order valence-corrected chi connectivity index (χ0v) is 43.9. The van der Waals surface area contributed by atoms with Gasteiger partial charge in [0.05, 0.1) is 24.1 Å². The number of urea groups is 1. The molecule has 2 aromatic carbocycles. The second-order valence-corrected chi connectivity index (χ2v) is 20.9. The fourth-order valence-electron chi connectivity index (χ4n) is 10.4. The fraction of sp³-hybridized carbons (Fsp3) is 0.527. The van der Waals surface area contributed by atoms with Crippen LogP contribution in [0.1, 0.15) is 83.7 Å². The van der Waals surface area contributed by atoms with E-state index in [0.717, 1.165) is 44.5 Å². The Morgan fingerprint density at radius 3 is 2.46 bits per heavy atom. The van der Waals surface area contributed by atoms with Crippen LogP contribution in [-0.2, 0) is 48.0 Å². The van der Waals surface area contributed by atoms with Crippen molar-refractivity contribution in [1.82, 2.24) is 44.9 Å². The van der Waals surface area contributed by atoms with Crippen molar-refractivity contribution in [3.8, 4) is 28.1 Å².